The Kier molecular flexibility index (Phi) is 4.91. The van der Waals surface area contributed by atoms with Gasteiger partial charge in [-0.05, 0) is 47.4 Å². The van der Waals surface area contributed by atoms with Gasteiger partial charge in [0.2, 0.25) is 0 Å². The Labute approximate surface area is 160 Å². The molecule has 2 aromatic carbocycles. The summed E-state index contributed by atoms with van der Waals surface area (Å²) in [4.78, 5) is -1.44. The van der Waals surface area contributed by atoms with Crippen molar-refractivity contribution in [1.29, 1.82) is 5.26 Å². The SMILES string of the molecule is N#Cc1cc(F)cc(Cc2ccc(S(=O)(=O)C(F)(F)F)c3c2CC(F)(F)[C@H]3O)c1. The molecule has 0 spiro atoms. The maximum Gasteiger partial charge on any atom is 0.501 e. The van der Waals surface area contributed by atoms with Crippen molar-refractivity contribution in [2.75, 3.05) is 0 Å². The van der Waals surface area contributed by atoms with Crippen molar-refractivity contribution in [3.8, 4) is 6.07 Å². The van der Waals surface area contributed by atoms with Crippen LogP contribution in [0.3, 0.4) is 0 Å². The first-order valence-electron chi connectivity index (χ1n) is 7.99. The molecule has 0 bridgehead atoms. The van der Waals surface area contributed by atoms with Crippen molar-refractivity contribution in [3.63, 3.8) is 0 Å². The Morgan fingerprint density at radius 1 is 1.21 bits per heavy atom. The standard InChI is InChI=1S/C18H11F6NO3S/c19-12-5-9(3-10(6-12)8-25)4-11-1-2-14(29(27,28)18(22,23)24)15-13(11)7-17(20,21)16(15)26/h1-3,5-6,16,26H,4,7H2/t16-/m0/s1. The minimum Gasteiger partial charge on any atom is -0.382 e. The highest BCUT2D eigenvalue weighted by Crippen LogP contribution is 2.49. The number of aliphatic hydroxyl groups excluding tert-OH is 1. The van der Waals surface area contributed by atoms with E-state index in [1.165, 1.54) is 6.07 Å². The lowest BCUT2D eigenvalue weighted by Crippen LogP contribution is -2.26. The Morgan fingerprint density at radius 2 is 1.86 bits per heavy atom. The largest absolute Gasteiger partial charge is 0.501 e. The summed E-state index contributed by atoms with van der Waals surface area (Å²) in [6, 6.07) is 6.34. The average molecular weight is 435 g/mol. The number of halogens is 6. The van der Waals surface area contributed by atoms with Gasteiger partial charge < -0.3 is 5.11 Å². The van der Waals surface area contributed by atoms with Gasteiger partial charge >= 0.3 is 5.51 Å². The van der Waals surface area contributed by atoms with Crippen LogP contribution < -0.4 is 0 Å². The molecule has 1 aliphatic carbocycles. The highest BCUT2D eigenvalue weighted by Gasteiger charge is 2.54. The molecule has 0 amide bonds. The van der Waals surface area contributed by atoms with E-state index in [2.05, 4.69) is 0 Å². The molecule has 0 aromatic heterocycles. The molecule has 3 rings (SSSR count). The van der Waals surface area contributed by atoms with Crippen LogP contribution in [-0.4, -0.2) is 25.0 Å². The molecule has 0 aliphatic heterocycles. The van der Waals surface area contributed by atoms with Crippen molar-refractivity contribution >= 4 is 9.84 Å². The van der Waals surface area contributed by atoms with Crippen molar-refractivity contribution in [2.24, 2.45) is 0 Å². The molecule has 1 N–H and O–H groups in total. The first-order chi connectivity index (χ1) is 13.3. The van der Waals surface area contributed by atoms with Crippen LogP contribution in [0.2, 0.25) is 0 Å². The van der Waals surface area contributed by atoms with E-state index in [9.17, 15) is 39.9 Å². The monoisotopic (exact) mass is 435 g/mol. The van der Waals surface area contributed by atoms with E-state index in [0.717, 1.165) is 18.2 Å². The van der Waals surface area contributed by atoms with E-state index in [1.54, 1.807) is 6.07 Å². The van der Waals surface area contributed by atoms with Gasteiger partial charge in [-0.2, -0.15) is 18.4 Å². The Bertz CT molecular complexity index is 1140. The third kappa shape index (κ3) is 3.58. The van der Waals surface area contributed by atoms with Crippen LogP contribution in [0.1, 0.15) is 33.9 Å². The van der Waals surface area contributed by atoms with Gasteiger partial charge in [0.15, 0.2) is 0 Å². The maximum atomic E-state index is 14.1. The molecule has 0 heterocycles. The van der Waals surface area contributed by atoms with Gasteiger partial charge in [-0.15, -0.1) is 0 Å². The molecule has 0 saturated carbocycles. The van der Waals surface area contributed by atoms with Crippen LogP contribution in [0, 0.1) is 17.1 Å². The summed E-state index contributed by atoms with van der Waals surface area (Å²) in [5, 5.41) is 18.7. The number of alkyl halides is 5. The molecule has 0 unspecified atom stereocenters. The second-order valence-corrected chi connectivity index (χ2v) is 8.45. The van der Waals surface area contributed by atoms with Gasteiger partial charge in [0.25, 0.3) is 15.8 Å². The molecule has 1 aliphatic rings. The highest BCUT2D eigenvalue weighted by molar-refractivity contribution is 7.92. The van der Waals surface area contributed by atoms with Gasteiger partial charge in [0.05, 0.1) is 16.5 Å². The van der Waals surface area contributed by atoms with Crippen LogP contribution in [0.25, 0.3) is 0 Å². The van der Waals surface area contributed by atoms with Crippen molar-refractivity contribution in [1.82, 2.24) is 0 Å². The van der Waals surface area contributed by atoms with Crippen molar-refractivity contribution < 1.29 is 39.9 Å². The molecule has 0 fully saturated rings. The number of fused-ring (bicyclic) bond motifs is 1. The molecule has 29 heavy (non-hydrogen) atoms. The third-order valence-electron chi connectivity index (χ3n) is 4.58. The second-order valence-electron chi connectivity index (χ2n) is 6.54. The minimum absolute atomic E-state index is 0.00756. The summed E-state index contributed by atoms with van der Waals surface area (Å²) in [6.45, 7) is 0. The van der Waals surface area contributed by atoms with E-state index in [0.29, 0.717) is 6.07 Å². The number of benzene rings is 2. The minimum atomic E-state index is -5.99. The first kappa shape index (κ1) is 21.1. The van der Waals surface area contributed by atoms with Crippen LogP contribution in [0.15, 0.2) is 35.2 Å². The number of hydrogen-bond donors (Lipinski definition) is 1. The third-order valence-corrected chi connectivity index (χ3v) is 6.12. The first-order valence-corrected chi connectivity index (χ1v) is 9.47. The number of hydrogen-bond acceptors (Lipinski definition) is 4. The fourth-order valence-corrected chi connectivity index (χ4v) is 4.32. The zero-order valence-corrected chi connectivity index (χ0v) is 15.1. The van der Waals surface area contributed by atoms with E-state index in [1.807, 2.05) is 0 Å². The average Bonchev–Trinajstić information content (AvgIpc) is 2.84. The lowest BCUT2D eigenvalue weighted by Gasteiger charge is -2.17. The highest BCUT2D eigenvalue weighted by atomic mass is 32.2. The predicted octanol–water partition coefficient (Wildman–Crippen LogP) is 3.81. The van der Waals surface area contributed by atoms with E-state index >= 15 is 0 Å². The molecule has 0 saturated heterocycles. The number of nitrogens with zero attached hydrogens (tertiary/aromatic N) is 1. The lowest BCUT2D eigenvalue weighted by atomic mass is 9.96. The summed E-state index contributed by atoms with van der Waals surface area (Å²) >= 11 is 0. The zero-order valence-electron chi connectivity index (χ0n) is 14.3. The van der Waals surface area contributed by atoms with Gasteiger partial charge in [-0.25, -0.2) is 21.6 Å². The fraction of sp³-hybridized carbons (Fsp3) is 0.278. The summed E-state index contributed by atoms with van der Waals surface area (Å²) in [6.07, 6.45) is -4.18. The van der Waals surface area contributed by atoms with Crippen LogP contribution in [-0.2, 0) is 22.7 Å². The van der Waals surface area contributed by atoms with Gasteiger partial charge in [0.1, 0.15) is 11.9 Å². The van der Waals surface area contributed by atoms with E-state index in [4.69, 9.17) is 5.26 Å². The molecule has 0 radical (unpaired) electrons. The van der Waals surface area contributed by atoms with Crippen LogP contribution in [0.4, 0.5) is 26.3 Å². The second kappa shape index (κ2) is 6.74. The quantitative estimate of drug-likeness (QED) is 0.744. The molecule has 154 valence electrons. The van der Waals surface area contributed by atoms with Crippen LogP contribution >= 0.6 is 0 Å². The van der Waals surface area contributed by atoms with Crippen molar-refractivity contribution in [2.45, 2.75) is 35.3 Å². The number of aliphatic hydroxyl groups is 1. The summed E-state index contributed by atoms with van der Waals surface area (Å²) < 4.78 is 104. The molecule has 4 nitrogen and oxygen atoms in total. The maximum absolute atomic E-state index is 14.1. The summed E-state index contributed by atoms with van der Waals surface area (Å²) in [7, 11) is -5.99. The molecule has 2 aromatic rings. The topological polar surface area (TPSA) is 78.2 Å². The molecular formula is C18H11F6NO3S. The lowest BCUT2D eigenvalue weighted by molar-refractivity contribution is -0.0978. The zero-order chi connectivity index (χ0) is 21.8. The summed E-state index contributed by atoms with van der Waals surface area (Å²) in [5.41, 5.74) is -7.10. The Balaban J connectivity index is 2.19. The number of nitriles is 1. The van der Waals surface area contributed by atoms with E-state index < -0.39 is 55.6 Å². The van der Waals surface area contributed by atoms with Crippen LogP contribution in [0.5, 0.6) is 0 Å². The normalized spacial score (nSPS) is 18.3. The number of rotatable bonds is 3. The van der Waals surface area contributed by atoms with Crippen molar-refractivity contribution in [3.05, 3.63) is 64.0 Å². The Morgan fingerprint density at radius 3 is 2.45 bits per heavy atom. The predicted molar refractivity (Wildman–Crippen MR) is 87.2 cm³/mol. The van der Waals surface area contributed by atoms with Gasteiger partial charge in [0, 0.05) is 12.0 Å². The molecular weight excluding hydrogens is 424 g/mol. The smallest absolute Gasteiger partial charge is 0.382 e. The molecule has 11 heteroatoms. The molecule has 1 atom stereocenters. The number of sulfone groups is 1. The van der Waals surface area contributed by atoms with Gasteiger partial charge in [-0.3, -0.25) is 0 Å². The fourth-order valence-electron chi connectivity index (χ4n) is 3.30. The van der Waals surface area contributed by atoms with Gasteiger partial charge in [-0.1, -0.05) is 6.07 Å². The van der Waals surface area contributed by atoms with E-state index in [-0.39, 0.29) is 23.1 Å². The summed E-state index contributed by atoms with van der Waals surface area (Å²) in [5.74, 6) is -4.66. The Hall–Kier alpha value is -2.58.